The van der Waals surface area contributed by atoms with Crippen molar-refractivity contribution in [3.05, 3.63) is 58.1 Å². The monoisotopic (exact) mass is 480 g/mol. The minimum Gasteiger partial charge on any atom is -0.465 e. The first-order chi connectivity index (χ1) is 13.7. The summed E-state index contributed by atoms with van der Waals surface area (Å²) < 4.78 is 33.2. The molecular formula is C20H21BrN2O5S. The number of hydrogen-bond acceptors (Lipinski definition) is 5. The summed E-state index contributed by atoms with van der Waals surface area (Å²) in [5.41, 5.74) is 1.54. The van der Waals surface area contributed by atoms with Crippen LogP contribution in [0.25, 0.3) is 0 Å². The lowest BCUT2D eigenvalue weighted by Gasteiger charge is -2.16. The minimum atomic E-state index is -3.87. The highest BCUT2D eigenvalue weighted by atomic mass is 79.9. The van der Waals surface area contributed by atoms with Crippen LogP contribution in [0.3, 0.4) is 0 Å². The molecule has 0 heterocycles. The van der Waals surface area contributed by atoms with E-state index in [1.165, 1.54) is 25.3 Å². The fourth-order valence-electron chi connectivity index (χ4n) is 2.75. The first kappa shape index (κ1) is 21.5. The lowest BCUT2D eigenvalue weighted by Crippen LogP contribution is -2.27. The van der Waals surface area contributed by atoms with E-state index in [4.69, 9.17) is 0 Å². The smallest absolute Gasteiger partial charge is 0.339 e. The molecule has 3 rings (SSSR count). The number of carbonyl (C=O) groups is 2. The van der Waals surface area contributed by atoms with Crippen LogP contribution >= 0.6 is 15.9 Å². The molecule has 2 aromatic rings. The van der Waals surface area contributed by atoms with Gasteiger partial charge < -0.3 is 10.1 Å². The van der Waals surface area contributed by atoms with Crippen molar-refractivity contribution in [3.8, 4) is 0 Å². The Labute approximate surface area is 178 Å². The maximum Gasteiger partial charge on any atom is 0.339 e. The number of rotatable bonds is 7. The van der Waals surface area contributed by atoms with Crippen molar-refractivity contribution in [1.29, 1.82) is 0 Å². The Hall–Kier alpha value is -2.23. The number of esters is 1. The van der Waals surface area contributed by atoms with Crippen molar-refractivity contribution in [2.24, 2.45) is 5.92 Å². The van der Waals surface area contributed by atoms with Gasteiger partial charge in [-0.1, -0.05) is 12.1 Å². The third-order valence-electron chi connectivity index (χ3n) is 4.61. The Bertz CT molecular complexity index is 1030. The molecule has 0 radical (unpaired) electrons. The highest BCUT2D eigenvalue weighted by Gasteiger charge is 2.29. The van der Waals surface area contributed by atoms with Crippen molar-refractivity contribution in [2.45, 2.75) is 30.7 Å². The highest BCUT2D eigenvalue weighted by Crippen LogP contribution is 2.30. The van der Waals surface area contributed by atoms with Crippen molar-refractivity contribution in [3.63, 3.8) is 0 Å². The fourth-order valence-corrected chi connectivity index (χ4v) is 4.42. The number of amides is 1. The zero-order chi connectivity index (χ0) is 21.2. The van der Waals surface area contributed by atoms with Gasteiger partial charge in [0.05, 0.1) is 17.6 Å². The van der Waals surface area contributed by atoms with Gasteiger partial charge in [-0.2, -0.15) is 0 Å². The zero-order valence-electron chi connectivity index (χ0n) is 15.9. The predicted molar refractivity (Wildman–Crippen MR) is 112 cm³/mol. The topological polar surface area (TPSA) is 102 Å². The summed E-state index contributed by atoms with van der Waals surface area (Å²) in [5.74, 6) is -0.504. The predicted octanol–water partition coefficient (Wildman–Crippen LogP) is 3.62. The van der Waals surface area contributed by atoms with E-state index in [-0.39, 0.29) is 22.3 Å². The number of carbonyl (C=O) groups excluding carboxylic acids is 2. The van der Waals surface area contributed by atoms with Crippen LogP contribution in [-0.4, -0.2) is 27.4 Å². The molecule has 0 bridgehead atoms. The van der Waals surface area contributed by atoms with Gasteiger partial charge in [0.25, 0.3) is 0 Å². The molecule has 1 amide bonds. The Morgan fingerprint density at radius 2 is 1.79 bits per heavy atom. The summed E-state index contributed by atoms with van der Waals surface area (Å²) in [4.78, 5) is 23.6. The maximum absolute atomic E-state index is 12.7. The molecule has 0 spiro atoms. The Morgan fingerprint density at radius 1 is 1.14 bits per heavy atom. The Morgan fingerprint density at radius 3 is 2.38 bits per heavy atom. The van der Waals surface area contributed by atoms with E-state index in [0.29, 0.717) is 10.2 Å². The summed E-state index contributed by atoms with van der Waals surface area (Å²) in [6, 6.07) is 10.7. The molecule has 154 valence electrons. The SMILES string of the molecule is COC(=O)c1cc(S(=O)(=O)NC(C)c2ccc(NC(=O)C3CC3)cc2)ccc1Br. The van der Waals surface area contributed by atoms with Crippen LogP contribution in [0.4, 0.5) is 5.69 Å². The molecule has 0 aliphatic heterocycles. The molecule has 1 atom stereocenters. The van der Waals surface area contributed by atoms with Gasteiger partial charge in [0.15, 0.2) is 0 Å². The molecule has 2 N–H and O–H groups in total. The Kier molecular flexibility index (Phi) is 6.40. The molecule has 0 aromatic heterocycles. The molecule has 1 fully saturated rings. The first-order valence-corrected chi connectivity index (χ1v) is 11.3. The molecule has 7 nitrogen and oxygen atoms in total. The standard InChI is InChI=1S/C20H21BrN2O5S/c1-12(13-5-7-15(8-6-13)22-19(24)14-3-4-14)23-29(26,27)16-9-10-18(21)17(11-16)20(25)28-2/h5-12,14,23H,3-4H2,1-2H3,(H,22,24). The van der Waals surface area contributed by atoms with E-state index in [0.717, 1.165) is 18.4 Å². The molecule has 0 saturated heterocycles. The van der Waals surface area contributed by atoms with Gasteiger partial charge >= 0.3 is 5.97 Å². The van der Waals surface area contributed by atoms with Gasteiger partial charge in [-0.3, -0.25) is 4.79 Å². The lowest BCUT2D eigenvalue weighted by atomic mass is 10.1. The summed E-state index contributed by atoms with van der Waals surface area (Å²) in [6.45, 7) is 1.72. The van der Waals surface area contributed by atoms with Crippen LogP contribution in [0, 0.1) is 5.92 Å². The summed E-state index contributed by atoms with van der Waals surface area (Å²) in [6.07, 6.45) is 1.85. The molecule has 1 saturated carbocycles. The zero-order valence-corrected chi connectivity index (χ0v) is 18.3. The summed E-state index contributed by atoms with van der Waals surface area (Å²) in [7, 11) is -2.64. The molecule has 1 aliphatic carbocycles. The van der Waals surface area contributed by atoms with E-state index >= 15 is 0 Å². The van der Waals surface area contributed by atoms with Gasteiger partial charge in [-0.25, -0.2) is 17.9 Å². The number of halogens is 1. The van der Waals surface area contributed by atoms with E-state index < -0.39 is 22.0 Å². The van der Waals surface area contributed by atoms with E-state index in [9.17, 15) is 18.0 Å². The number of ether oxygens (including phenoxy) is 1. The molecule has 9 heteroatoms. The number of hydrogen-bond donors (Lipinski definition) is 2. The third kappa shape index (κ3) is 5.23. The van der Waals surface area contributed by atoms with Gasteiger partial charge in [0.2, 0.25) is 15.9 Å². The van der Waals surface area contributed by atoms with E-state index in [1.54, 1.807) is 31.2 Å². The maximum atomic E-state index is 12.7. The van der Waals surface area contributed by atoms with Crippen LogP contribution < -0.4 is 10.0 Å². The van der Waals surface area contributed by atoms with Gasteiger partial charge in [-0.05, 0) is 71.6 Å². The number of sulfonamides is 1. The van der Waals surface area contributed by atoms with E-state index in [2.05, 4.69) is 30.7 Å². The molecule has 29 heavy (non-hydrogen) atoms. The number of anilines is 1. The Balaban J connectivity index is 1.72. The number of nitrogens with one attached hydrogen (secondary N) is 2. The second-order valence-electron chi connectivity index (χ2n) is 6.86. The number of methoxy groups -OCH3 is 1. The lowest BCUT2D eigenvalue weighted by molar-refractivity contribution is -0.117. The summed E-state index contributed by atoms with van der Waals surface area (Å²) in [5, 5.41) is 2.85. The minimum absolute atomic E-state index is 0.0168. The number of benzene rings is 2. The van der Waals surface area contributed by atoms with Crippen molar-refractivity contribution >= 4 is 43.5 Å². The van der Waals surface area contributed by atoms with Crippen LogP contribution in [0.15, 0.2) is 51.8 Å². The normalized spacial score (nSPS) is 14.9. The average molecular weight is 481 g/mol. The third-order valence-corrected chi connectivity index (χ3v) is 6.84. The second-order valence-corrected chi connectivity index (χ2v) is 9.43. The largest absolute Gasteiger partial charge is 0.465 e. The van der Waals surface area contributed by atoms with Gasteiger partial charge in [0, 0.05) is 22.1 Å². The molecule has 2 aromatic carbocycles. The van der Waals surface area contributed by atoms with Crippen LogP contribution in [-0.2, 0) is 19.6 Å². The van der Waals surface area contributed by atoms with Crippen LogP contribution in [0.5, 0.6) is 0 Å². The fraction of sp³-hybridized carbons (Fsp3) is 0.300. The van der Waals surface area contributed by atoms with Crippen molar-refractivity contribution in [2.75, 3.05) is 12.4 Å². The van der Waals surface area contributed by atoms with Gasteiger partial charge in [0.1, 0.15) is 0 Å². The summed E-state index contributed by atoms with van der Waals surface area (Å²) >= 11 is 3.22. The second kappa shape index (κ2) is 8.64. The highest BCUT2D eigenvalue weighted by molar-refractivity contribution is 9.10. The van der Waals surface area contributed by atoms with Crippen LogP contribution in [0.2, 0.25) is 0 Å². The van der Waals surface area contributed by atoms with Crippen molar-refractivity contribution < 1.29 is 22.7 Å². The van der Waals surface area contributed by atoms with E-state index in [1.807, 2.05) is 0 Å². The van der Waals surface area contributed by atoms with Crippen molar-refractivity contribution in [1.82, 2.24) is 4.72 Å². The molecule has 1 aliphatic rings. The quantitative estimate of drug-likeness (QED) is 0.589. The molecule has 1 unspecified atom stereocenters. The average Bonchev–Trinajstić information content (AvgIpc) is 3.53. The van der Waals surface area contributed by atoms with Gasteiger partial charge in [-0.15, -0.1) is 0 Å². The molecular weight excluding hydrogens is 460 g/mol. The van der Waals surface area contributed by atoms with Crippen LogP contribution in [0.1, 0.15) is 41.7 Å². The first-order valence-electron chi connectivity index (χ1n) is 9.02.